The molecule has 0 amide bonds. The molecule has 0 saturated heterocycles. The molecule has 0 saturated carbocycles. The maximum atomic E-state index is 3.94. The van der Waals surface area contributed by atoms with Gasteiger partial charge in [0.1, 0.15) is 0 Å². The smallest absolute Gasteiger partial charge is 0.0701 e. The SMILES string of the molecule is CCCNC(Cc1ccc(Br)s1)c1cnns1. The summed E-state index contributed by atoms with van der Waals surface area (Å²) in [4.78, 5) is 2.59. The van der Waals surface area contributed by atoms with Gasteiger partial charge in [-0.3, -0.25) is 0 Å². The second kappa shape index (κ2) is 6.58. The quantitative estimate of drug-likeness (QED) is 0.877. The van der Waals surface area contributed by atoms with Crippen LogP contribution in [0, 0.1) is 0 Å². The molecule has 2 aromatic rings. The first-order valence-electron chi connectivity index (χ1n) is 5.54. The molecule has 1 atom stereocenters. The van der Waals surface area contributed by atoms with Crippen LogP contribution in [-0.2, 0) is 6.42 Å². The van der Waals surface area contributed by atoms with Crippen LogP contribution < -0.4 is 5.32 Å². The van der Waals surface area contributed by atoms with Gasteiger partial charge in [0.25, 0.3) is 0 Å². The molecule has 0 bridgehead atoms. The predicted octanol–water partition coefficient (Wildman–Crippen LogP) is 3.65. The standard InChI is InChI=1S/C11H14BrN3S2/c1-2-5-13-9(10-7-14-15-17-10)6-8-3-4-11(12)16-8/h3-4,7,9,13H,2,5-6H2,1H3. The summed E-state index contributed by atoms with van der Waals surface area (Å²) in [5.74, 6) is 0. The van der Waals surface area contributed by atoms with Gasteiger partial charge in [-0.25, -0.2) is 0 Å². The zero-order valence-electron chi connectivity index (χ0n) is 9.52. The van der Waals surface area contributed by atoms with Crippen molar-refractivity contribution in [3.63, 3.8) is 0 Å². The monoisotopic (exact) mass is 331 g/mol. The minimum Gasteiger partial charge on any atom is -0.309 e. The molecule has 0 aliphatic heterocycles. The molecule has 0 aliphatic rings. The Morgan fingerprint density at radius 3 is 2.94 bits per heavy atom. The van der Waals surface area contributed by atoms with Gasteiger partial charge in [0.05, 0.1) is 14.9 Å². The Kier molecular flexibility index (Phi) is 5.09. The number of hydrogen-bond acceptors (Lipinski definition) is 5. The second-order valence-electron chi connectivity index (χ2n) is 3.74. The van der Waals surface area contributed by atoms with E-state index in [0.29, 0.717) is 6.04 Å². The van der Waals surface area contributed by atoms with Gasteiger partial charge in [0, 0.05) is 17.3 Å². The molecule has 2 aromatic heterocycles. The molecule has 1 unspecified atom stereocenters. The number of nitrogens with one attached hydrogen (secondary N) is 1. The highest BCUT2D eigenvalue weighted by Gasteiger charge is 2.14. The van der Waals surface area contributed by atoms with E-state index in [9.17, 15) is 0 Å². The molecule has 0 spiro atoms. The number of nitrogens with zero attached hydrogens (tertiary/aromatic N) is 2. The van der Waals surface area contributed by atoms with Gasteiger partial charge in [-0.05, 0) is 52.6 Å². The number of halogens is 1. The third-order valence-electron chi connectivity index (χ3n) is 2.40. The molecule has 1 N–H and O–H groups in total. The van der Waals surface area contributed by atoms with E-state index in [1.54, 1.807) is 11.3 Å². The Bertz CT molecular complexity index is 441. The van der Waals surface area contributed by atoms with Gasteiger partial charge in [0.2, 0.25) is 0 Å². The molecule has 92 valence electrons. The summed E-state index contributed by atoms with van der Waals surface area (Å²) in [6.07, 6.45) is 4.00. The van der Waals surface area contributed by atoms with E-state index in [1.165, 1.54) is 25.1 Å². The van der Waals surface area contributed by atoms with Crippen molar-refractivity contribution in [1.29, 1.82) is 0 Å². The highest BCUT2D eigenvalue weighted by Crippen LogP contribution is 2.27. The van der Waals surface area contributed by atoms with Crippen LogP contribution in [0.5, 0.6) is 0 Å². The zero-order valence-corrected chi connectivity index (χ0v) is 12.7. The van der Waals surface area contributed by atoms with Crippen LogP contribution in [0.3, 0.4) is 0 Å². The van der Waals surface area contributed by atoms with Crippen LogP contribution in [0.2, 0.25) is 0 Å². The summed E-state index contributed by atoms with van der Waals surface area (Å²) >= 11 is 6.76. The van der Waals surface area contributed by atoms with Crippen LogP contribution in [-0.4, -0.2) is 16.1 Å². The minimum absolute atomic E-state index is 0.334. The first kappa shape index (κ1) is 13.1. The Balaban J connectivity index is 2.05. The third-order valence-corrected chi connectivity index (χ3v) is 4.82. The number of thiophene rings is 1. The summed E-state index contributed by atoms with van der Waals surface area (Å²) in [6, 6.07) is 4.60. The Morgan fingerprint density at radius 1 is 1.47 bits per heavy atom. The Hall–Kier alpha value is -0.300. The van der Waals surface area contributed by atoms with Crippen molar-refractivity contribution >= 4 is 38.8 Å². The normalized spacial score (nSPS) is 12.8. The van der Waals surface area contributed by atoms with Gasteiger partial charge < -0.3 is 5.32 Å². The van der Waals surface area contributed by atoms with Gasteiger partial charge in [-0.1, -0.05) is 11.4 Å². The fourth-order valence-corrected chi connectivity index (χ4v) is 3.69. The maximum Gasteiger partial charge on any atom is 0.0701 e. The fraction of sp³-hybridized carbons (Fsp3) is 0.455. The van der Waals surface area contributed by atoms with Crippen LogP contribution in [0.1, 0.15) is 29.1 Å². The molecule has 0 aliphatic carbocycles. The fourth-order valence-electron chi connectivity index (χ4n) is 1.58. The van der Waals surface area contributed by atoms with E-state index < -0.39 is 0 Å². The number of aromatic nitrogens is 2. The van der Waals surface area contributed by atoms with Crippen molar-refractivity contribution in [2.24, 2.45) is 0 Å². The maximum absolute atomic E-state index is 3.94. The summed E-state index contributed by atoms with van der Waals surface area (Å²) in [5, 5.41) is 7.47. The Morgan fingerprint density at radius 2 is 2.35 bits per heavy atom. The average molecular weight is 332 g/mol. The molecule has 2 heterocycles. The van der Waals surface area contributed by atoms with Gasteiger partial charge in [0.15, 0.2) is 0 Å². The highest BCUT2D eigenvalue weighted by molar-refractivity contribution is 9.11. The van der Waals surface area contributed by atoms with E-state index >= 15 is 0 Å². The number of hydrogen-bond donors (Lipinski definition) is 1. The van der Waals surface area contributed by atoms with E-state index in [4.69, 9.17) is 0 Å². The molecule has 2 rings (SSSR count). The van der Waals surface area contributed by atoms with Crippen LogP contribution in [0.15, 0.2) is 22.1 Å². The van der Waals surface area contributed by atoms with Crippen molar-refractivity contribution in [1.82, 2.24) is 14.9 Å². The second-order valence-corrected chi connectivity index (χ2v) is 7.10. The zero-order chi connectivity index (χ0) is 12.1. The molecular formula is C11H14BrN3S2. The number of rotatable bonds is 6. The molecule has 0 aromatic carbocycles. The molecular weight excluding hydrogens is 318 g/mol. The first-order valence-corrected chi connectivity index (χ1v) is 7.92. The van der Waals surface area contributed by atoms with E-state index in [1.807, 2.05) is 6.20 Å². The summed E-state index contributed by atoms with van der Waals surface area (Å²) in [7, 11) is 0. The molecule has 0 fully saturated rings. The van der Waals surface area contributed by atoms with Gasteiger partial charge >= 0.3 is 0 Å². The molecule has 17 heavy (non-hydrogen) atoms. The summed E-state index contributed by atoms with van der Waals surface area (Å²) < 4.78 is 5.13. The highest BCUT2D eigenvalue weighted by atomic mass is 79.9. The van der Waals surface area contributed by atoms with Crippen LogP contribution in [0.25, 0.3) is 0 Å². The summed E-state index contributed by atoms with van der Waals surface area (Å²) in [6.45, 7) is 3.20. The van der Waals surface area contributed by atoms with E-state index in [2.05, 4.69) is 49.9 Å². The van der Waals surface area contributed by atoms with Crippen molar-refractivity contribution in [2.45, 2.75) is 25.8 Å². The Labute approximate surface area is 118 Å². The molecule has 6 heteroatoms. The van der Waals surface area contributed by atoms with E-state index in [-0.39, 0.29) is 0 Å². The average Bonchev–Trinajstić information content (AvgIpc) is 2.95. The largest absolute Gasteiger partial charge is 0.309 e. The van der Waals surface area contributed by atoms with Crippen molar-refractivity contribution < 1.29 is 0 Å². The van der Waals surface area contributed by atoms with Crippen molar-refractivity contribution in [3.8, 4) is 0 Å². The lowest BCUT2D eigenvalue weighted by Gasteiger charge is -2.15. The summed E-state index contributed by atoms with van der Waals surface area (Å²) in [5.41, 5.74) is 0. The van der Waals surface area contributed by atoms with Gasteiger partial charge in [-0.2, -0.15) is 0 Å². The topological polar surface area (TPSA) is 37.8 Å². The third kappa shape index (κ3) is 3.84. The minimum atomic E-state index is 0.334. The first-order chi connectivity index (χ1) is 8.29. The van der Waals surface area contributed by atoms with Crippen molar-refractivity contribution in [2.75, 3.05) is 6.54 Å². The van der Waals surface area contributed by atoms with E-state index in [0.717, 1.165) is 19.4 Å². The van der Waals surface area contributed by atoms with Crippen molar-refractivity contribution in [3.05, 3.63) is 31.9 Å². The van der Waals surface area contributed by atoms with Gasteiger partial charge in [-0.15, -0.1) is 16.4 Å². The lowest BCUT2D eigenvalue weighted by Crippen LogP contribution is -2.23. The lowest BCUT2D eigenvalue weighted by atomic mass is 10.1. The molecule has 3 nitrogen and oxygen atoms in total. The van der Waals surface area contributed by atoms with Crippen LogP contribution in [0.4, 0.5) is 0 Å². The molecule has 0 radical (unpaired) electrons. The van der Waals surface area contributed by atoms with Crippen LogP contribution >= 0.6 is 38.8 Å². The predicted molar refractivity (Wildman–Crippen MR) is 76.7 cm³/mol. The lowest BCUT2D eigenvalue weighted by molar-refractivity contribution is 0.539.